The van der Waals surface area contributed by atoms with E-state index in [4.69, 9.17) is 14.6 Å². The molecule has 9 heteroatoms. The van der Waals surface area contributed by atoms with Crippen molar-refractivity contribution >= 4 is 11.9 Å². The fraction of sp³-hybridized carbons (Fsp3) is 0.412. The fourth-order valence-corrected chi connectivity index (χ4v) is 2.58. The lowest BCUT2D eigenvalue weighted by atomic mass is 10.1. The second kappa shape index (κ2) is 8.43. The maximum atomic E-state index is 12.2. The number of hydrogen-bond acceptors (Lipinski definition) is 6. The number of hydrogen-bond donors (Lipinski definition) is 2. The van der Waals surface area contributed by atoms with E-state index in [-0.39, 0.29) is 25.1 Å². The summed E-state index contributed by atoms with van der Waals surface area (Å²) in [4.78, 5) is 22.8. The van der Waals surface area contributed by atoms with Crippen LogP contribution in [0.4, 0.5) is 0 Å². The van der Waals surface area contributed by atoms with Gasteiger partial charge >= 0.3 is 5.97 Å². The zero-order valence-electron chi connectivity index (χ0n) is 14.1. The average Bonchev–Trinajstić information content (AvgIpc) is 3.08. The molecule has 0 atom stereocenters. The molecule has 1 aromatic heterocycles. The van der Waals surface area contributed by atoms with Gasteiger partial charge < -0.3 is 19.9 Å². The van der Waals surface area contributed by atoms with Gasteiger partial charge in [0.2, 0.25) is 0 Å². The van der Waals surface area contributed by atoms with Crippen LogP contribution in [0, 0.1) is 0 Å². The minimum atomic E-state index is -1.01. The summed E-state index contributed by atoms with van der Waals surface area (Å²) in [6, 6.07) is 6.94. The second-order valence-electron chi connectivity index (χ2n) is 5.94. The molecule has 0 saturated carbocycles. The lowest BCUT2D eigenvalue weighted by molar-refractivity contribution is -0.137. The van der Waals surface area contributed by atoms with Gasteiger partial charge in [0, 0.05) is 18.4 Å². The maximum Gasteiger partial charge on any atom is 0.325 e. The summed E-state index contributed by atoms with van der Waals surface area (Å²) >= 11 is 0. The van der Waals surface area contributed by atoms with Crippen molar-refractivity contribution in [2.24, 2.45) is 0 Å². The number of amides is 1. The van der Waals surface area contributed by atoms with Crippen molar-refractivity contribution in [1.82, 2.24) is 20.3 Å². The van der Waals surface area contributed by atoms with E-state index >= 15 is 0 Å². The molecule has 3 rings (SSSR count). The molecule has 9 nitrogen and oxygen atoms in total. The molecule has 0 unspecified atom stereocenters. The van der Waals surface area contributed by atoms with Crippen molar-refractivity contribution in [2.75, 3.05) is 13.2 Å². The number of aliphatic carboxylic acids is 1. The summed E-state index contributed by atoms with van der Waals surface area (Å²) in [5.74, 6) is -0.533. The number of nitrogens with zero attached hydrogens (tertiary/aromatic N) is 3. The average molecular weight is 360 g/mol. The first-order valence-corrected chi connectivity index (χ1v) is 8.33. The molecule has 2 heterocycles. The highest BCUT2D eigenvalue weighted by molar-refractivity contribution is 5.94. The van der Waals surface area contributed by atoms with E-state index in [1.54, 1.807) is 24.3 Å². The highest BCUT2D eigenvalue weighted by atomic mass is 16.5. The number of benzene rings is 1. The molecule has 1 amide bonds. The van der Waals surface area contributed by atoms with Gasteiger partial charge in [-0.3, -0.25) is 9.59 Å². The summed E-state index contributed by atoms with van der Waals surface area (Å²) in [5.41, 5.74) is 0.987. The first-order chi connectivity index (χ1) is 12.6. The van der Waals surface area contributed by atoms with Gasteiger partial charge in [-0.05, 0) is 24.3 Å². The zero-order valence-corrected chi connectivity index (χ0v) is 14.1. The van der Waals surface area contributed by atoms with Crippen LogP contribution >= 0.6 is 0 Å². The molecule has 0 bridgehead atoms. The molecule has 0 aliphatic carbocycles. The van der Waals surface area contributed by atoms with Crippen molar-refractivity contribution in [3.05, 3.63) is 41.7 Å². The van der Waals surface area contributed by atoms with Gasteiger partial charge in [-0.15, -0.1) is 5.10 Å². The predicted molar refractivity (Wildman–Crippen MR) is 89.7 cm³/mol. The van der Waals surface area contributed by atoms with Gasteiger partial charge in [-0.1, -0.05) is 5.21 Å². The van der Waals surface area contributed by atoms with E-state index in [0.29, 0.717) is 24.5 Å². The Labute approximate surface area is 149 Å². The third-order valence-corrected chi connectivity index (χ3v) is 3.90. The number of carboxylic acids is 1. The Bertz CT molecular complexity index is 753. The Morgan fingerprint density at radius 2 is 2.00 bits per heavy atom. The number of ether oxygens (including phenoxy) is 2. The number of rotatable bonds is 7. The van der Waals surface area contributed by atoms with Gasteiger partial charge in [0.15, 0.2) is 0 Å². The molecular formula is C17H20N4O5. The van der Waals surface area contributed by atoms with Crippen LogP contribution in [0.5, 0.6) is 5.75 Å². The molecular weight excluding hydrogens is 340 g/mol. The van der Waals surface area contributed by atoms with Gasteiger partial charge in [-0.2, -0.15) is 0 Å². The largest absolute Gasteiger partial charge is 0.490 e. The molecule has 1 aromatic carbocycles. The normalized spacial score (nSPS) is 14.8. The Morgan fingerprint density at radius 3 is 2.69 bits per heavy atom. The van der Waals surface area contributed by atoms with Crippen LogP contribution in [-0.4, -0.2) is 51.3 Å². The van der Waals surface area contributed by atoms with Crippen LogP contribution in [0.3, 0.4) is 0 Å². The molecule has 138 valence electrons. The summed E-state index contributed by atoms with van der Waals surface area (Å²) in [6.07, 6.45) is 3.37. The van der Waals surface area contributed by atoms with Crippen LogP contribution in [0.25, 0.3) is 0 Å². The lowest BCUT2D eigenvalue weighted by Gasteiger charge is -2.23. The van der Waals surface area contributed by atoms with E-state index in [0.717, 1.165) is 18.6 Å². The molecule has 26 heavy (non-hydrogen) atoms. The van der Waals surface area contributed by atoms with Crippen LogP contribution in [0.15, 0.2) is 30.5 Å². The molecule has 1 saturated heterocycles. The number of carbonyl (C=O) groups is 2. The van der Waals surface area contributed by atoms with Crippen molar-refractivity contribution in [3.63, 3.8) is 0 Å². The van der Waals surface area contributed by atoms with Gasteiger partial charge in [0.1, 0.15) is 24.1 Å². The maximum absolute atomic E-state index is 12.2. The second-order valence-corrected chi connectivity index (χ2v) is 5.94. The monoisotopic (exact) mass is 360 g/mol. The number of carbonyl (C=O) groups excluding carboxylic acids is 1. The number of aromatic nitrogens is 3. The minimum Gasteiger partial charge on any atom is -0.490 e. The van der Waals surface area contributed by atoms with Crippen molar-refractivity contribution in [3.8, 4) is 5.75 Å². The molecule has 2 aromatic rings. The smallest absolute Gasteiger partial charge is 0.325 e. The van der Waals surface area contributed by atoms with E-state index in [9.17, 15) is 9.59 Å². The van der Waals surface area contributed by atoms with Crippen LogP contribution < -0.4 is 10.1 Å². The Morgan fingerprint density at radius 1 is 1.27 bits per heavy atom. The van der Waals surface area contributed by atoms with E-state index in [1.807, 2.05) is 0 Å². The van der Waals surface area contributed by atoms with Crippen LogP contribution in [-0.2, 0) is 22.6 Å². The zero-order chi connectivity index (χ0) is 18.4. The minimum absolute atomic E-state index is 0.150. The first-order valence-electron chi connectivity index (χ1n) is 8.33. The van der Waals surface area contributed by atoms with Gasteiger partial charge in [0.05, 0.1) is 26.0 Å². The molecule has 1 aliphatic rings. The van der Waals surface area contributed by atoms with E-state index in [1.165, 1.54) is 10.9 Å². The lowest BCUT2D eigenvalue weighted by Crippen LogP contribution is -2.26. The fourth-order valence-electron chi connectivity index (χ4n) is 2.58. The Hall–Kier alpha value is -2.94. The number of carboxylic acid groups (broad SMARTS) is 1. The Kier molecular flexibility index (Phi) is 5.80. The topological polar surface area (TPSA) is 116 Å². The third kappa shape index (κ3) is 5.03. The Balaban J connectivity index is 1.49. The van der Waals surface area contributed by atoms with Gasteiger partial charge in [-0.25, -0.2) is 4.68 Å². The van der Waals surface area contributed by atoms with Crippen molar-refractivity contribution < 1.29 is 24.2 Å². The standard InChI is InChI=1S/C17H20N4O5/c22-16(23)11-21-10-13(19-20-21)9-18-17(24)12-1-3-14(4-2-12)26-15-5-7-25-8-6-15/h1-4,10,15H,5-9,11H2,(H,18,24)(H,22,23). The quantitative estimate of drug-likeness (QED) is 0.752. The van der Waals surface area contributed by atoms with E-state index < -0.39 is 5.97 Å². The first kappa shape index (κ1) is 17.9. The summed E-state index contributed by atoms with van der Waals surface area (Å²) < 4.78 is 12.4. The van der Waals surface area contributed by atoms with Crippen LogP contribution in [0.1, 0.15) is 28.9 Å². The molecule has 0 radical (unpaired) electrons. The summed E-state index contributed by atoms with van der Waals surface area (Å²) in [7, 11) is 0. The molecule has 0 spiro atoms. The third-order valence-electron chi connectivity index (χ3n) is 3.90. The highest BCUT2D eigenvalue weighted by Gasteiger charge is 2.15. The van der Waals surface area contributed by atoms with Crippen molar-refractivity contribution in [2.45, 2.75) is 32.0 Å². The predicted octanol–water partition coefficient (Wildman–Crippen LogP) is 0.850. The van der Waals surface area contributed by atoms with Crippen molar-refractivity contribution in [1.29, 1.82) is 0 Å². The van der Waals surface area contributed by atoms with E-state index in [2.05, 4.69) is 15.6 Å². The van der Waals surface area contributed by atoms with Crippen LogP contribution in [0.2, 0.25) is 0 Å². The van der Waals surface area contributed by atoms with Gasteiger partial charge in [0.25, 0.3) is 5.91 Å². The highest BCUT2D eigenvalue weighted by Crippen LogP contribution is 2.18. The SMILES string of the molecule is O=C(O)Cn1cc(CNC(=O)c2ccc(OC3CCOCC3)cc2)nn1. The molecule has 2 N–H and O–H groups in total. The summed E-state index contributed by atoms with van der Waals surface area (Å²) in [6.45, 7) is 1.32. The molecule has 1 aliphatic heterocycles. The number of nitrogens with one attached hydrogen (secondary N) is 1. The molecule has 1 fully saturated rings. The summed E-state index contributed by atoms with van der Waals surface area (Å²) in [5, 5.41) is 18.9.